The number of carbonyl (C=O) groups is 1. The number of rotatable bonds is 3. The summed E-state index contributed by atoms with van der Waals surface area (Å²) in [6.45, 7) is 0. The van der Waals surface area contributed by atoms with Crippen LogP contribution < -0.4 is 11.1 Å². The molecule has 0 saturated carbocycles. The second-order valence-electron chi connectivity index (χ2n) is 3.86. The summed E-state index contributed by atoms with van der Waals surface area (Å²) in [5, 5.41) is 11.7. The molecule has 0 heterocycles. The Balaban J connectivity index is 2.33. The monoisotopic (exact) mass is 324 g/mol. The molecular formula is C13H10BrFN2O2. The fraction of sp³-hybridized carbons (Fsp3) is 0. The van der Waals surface area contributed by atoms with Gasteiger partial charge in [-0.15, -0.1) is 0 Å². The van der Waals surface area contributed by atoms with Crippen molar-refractivity contribution in [2.75, 3.05) is 11.1 Å². The van der Waals surface area contributed by atoms with E-state index in [0.717, 1.165) is 22.3 Å². The van der Waals surface area contributed by atoms with Gasteiger partial charge in [-0.25, -0.2) is 9.18 Å². The summed E-state index contributed by atoms with van der Waals surface area (Å²) in [6, 6.07) is 9.37. The van der Waals surface area contributed by atoms with Crippen molar-refractivity contribution in [2.24, 2.45) is 0 Å². The lowest BCUT2D eigenvalue weighted by Gasteiger charge is -2.11. The smallest absolute Gasteiger partial charge is 0.338 e. The fourth-order valence-corrected chi connectivity index (χ4v) is 1.82. The quantitative estimate of drug-likeness (QED) is 0.754. The lowest BCUT2D eigenvalue weighted by molar-refractivity contribution is 0.0692. The van der Waals surface area contributed by atoms with Gasteiger partial charge in [-0.3, -0.25) is 0 Å². The molecule has 0 aromatic heterocycles. The highest BCUT2D eigenvalue weighted by atomic mass is 79.9. The van der Waals surface area contributed by atoms with Crippen LogP contribution in [0.15, 0.2) is 40.9 Å². The minimum absolute atomic E-state index is 0.168. The Kier molecular flexibility index (Phi) is 3.71. The van der Waals surface area contributed by atoms with Crippen molar-refractivity contribution in [2.45, 2.75) is 0 Å². The molecule has 2 rings (SSSR count). The van der Waals surface area contributed by atoms with Crippen molar-refractivity contribution in [3.63, 3.8) is 0 Å². The minimum atomic E-state index is -1.35. The summed E-state index contributed by atoms with van der Waals surface area (Å²) in [5.41, 5.74) is 6.47. The van der Waals surface area contributed by atoms with Crippen LogP contribution in [0.4, 0.5) is 21.5 Å². The highest BCUT2D eigenvalue weighted by molar-refractivity contribution is 9.10. The summed E-state index contributed by atoms with van der Waals surface area (Å²) in [5.74, 6) is -2.18. The Morgan fingerprint density at radius 3 is 2.47 bits per heavy atom. The normalized spacial score (nSPS) is 10.2. The van der Waals surface area contributed by atoms with Crippen molar-refractivity contribution in [1.82, 2.24) is 0 Å². The Bertz CT molecular complexity index is 629. The van der Waals surface area contributed by atoms with Crippen LogP contribution in [0, 0.1) is 5.82 Å². The van der Waals surface area contributed by atoms with Crippen LogP contribution >= 0.6 is 15.9 Å². The Morgan fingerprint density at radius 2 is 1.89 bits per heavy atom. The zero-order valence-corrected chi connectivity index (χ0v) is 11.2. The molecule has 2 aromatic rings. The lowest BCUT2D eigenvalue weighted by Crippen LogP contribution is -2.04. The number of halogens is 2. The van der Waals surface area contributed by atoms with E-state index in [9.17, 15) is 9.18 Å². The number of anilines is 3. The second kappa shape index (κ2) is 5.27. The van der Waals surface area contributed by atoms with Gasteiger partial charge >= 0.3 is 5.97 Å². The van der Waals surface area contributed by atoms with Gasteiger partial charge in [-0.05, 0) is 30.3 Å². The molecule has 19 heavy (non-hydrogen) atoms. The average molecular weight is 325 g/mol. The first-order valence-electron chi connectivity index (χ1n) is 5.32. The maximum atomic E-state index is 13.6. The van der Waals surface area contributed by atoms with E-state index in [-0.39, 0.29) is 5.69 Å². The van der Waals surface area contributed by atoms with E-state index in [2.05, 4.69) is 21.2 Å². The van der Waals surface area contributed by atoms with E-state index < -0.39 is 17.3 Å². The predicted octanol–water partition coefficient (Wildman–Crippen LogP) is 3.61. The van der Waals surface area contributed by atoms with E-state index >= 15 is 0 Å². The molecule has 6 heteroatoms. The molecule has 4 nitrogen and oxygen atoms in total. The summed E-state index contributed by atoms with van der Waals surface area (Å²) in [4.78, 5) is 10.8. The molecule has 0 aliphatic heterocycles. The van der Waals surface area contributed by atoms with E-state index in [4.69, 9.17) is 10.8 Å². The van der Waals surface area contributed by atoms with Gasteiger partial charge in [0.2, 0.25) is 0 Å². The Labute approximate surface area is 117 Å². The van der Waals surface area contributed by atoms with E-state index in [1.54, 1.807) is 12.1 Å². The standard InChI is InChI=1S/C13H10BrFN2O2/c14-7-1-3-8(4-2-7)17-12-6-10(15)9(13(18)19)5-11(12)16/h1-6,17H,16H2,(H,18,19). The highest BCUT2D eigenvalue weighted by Crippen LogP contribution is 2.27. The van der Waals surface area contributed by atoms with E-state index in [1.807, 2.05) is 12.1 Å². The maximum Gasteiger partial charge on any atom is 0.338 e. The van der Waals surface area contributed by atoms with Crippen molar-refractivity contribution >= 4 is 39.0 Å². The predicted molar refractivity (Wildman–Crippen MR) is 75.2 cm³/mol. The maximum absolute atomic E-state index is 13.6. The molecule has 0 spiro atoms. The van der Waals surface area contributed by atoms with Gasteiger partial charge < -0.3 is 16.2 Å². The zero-order chi connectivity index (χ0) is 14.0. The van der Waals surface area contributed by atoms with Crippen LogP contribution in [0.25, 0.3) is 0 Å². The molecule has 0 bridgehead atoms. The van der Waals surface area contributed by atoms with Crippen LogP contribution in [0.5, 0.6) is 0 Å². The zero-order valence-electron chi connectivity index (χ0n) is 9.65. The summed E-state index contributed by atoms with van der Waals surface area (Å²) in [7, 11) is 0. The van der Waals surface area contributed by atoms with Crippen LogP contribution in [-0.2, 0) is 0 Å². The summed E-state index contributed by atoms with van der Waals surface area (Å²) >= 11 is 3.30. The third kappa shape index (κ3) is 3.03. The molecule has 0 amide bonds. The topological polar surface area (TPSA) is 75.4 Å². The fourth-order valence-electron chi connectivity index (χ4n) is 1.55. The third-order valence-electron chi connectivity index (χ3n) is 2.49. The van der Waals surface area contributed by atoms with Gasteiger partial charge in [-0.1, -0.05) is 15.9 Å². The number of nitrogens with two attached hydrogens (primary N) is 1. The molecule has 0 fully saturated rings. The number of benzene rings is 2. The first-order chi connectivity index (χ1) is 8.97. The SMILES string of the molecule is Nc1cc(C(=O)O)c(F)cc1Nc1ccc(Br)cc1. The number of hydrogen-bond donors (Lipinski definition) is 3. The van der Waals surface area contributed by atoms with Crippen LogP contribution in [0.2, 0.25) is 0 Å². The van der Waals surface area contributed by atoms with Crippen LogP contribution in [0.1, 0.15) is 10.4 Å². The first-order valence-corrected chi connectivity index (χ1v) is 6.11. The number of aromatic carboxylic acids is 1. The number of hydrogen-bond acceptors (Lipinski definition) is 3. The molecule has 0 saturated heterocycles. The van der Waals surface area contributed by atoms with Crippen LogP contribution in [-0.4, -0.2) is 11.1 Å². The molecule has 0 aliphatic carbocycles. The van der Waals surface area contributed by atoms with Crippen molar-refractivity contribution in [3.8, 4) is 0 Å². The van der Waals surface area contributed by atoms with E-state index in [1.165, 1.54) is 0 Å². The number of nitrogens with one attached hydrogen (secondary N) is 1. The van der Waals surface area contributed by atoms with Gasteiger partial charge in [0, 0.05) is 16.2 Å². The molecule has 98 valence electrons. The molecule has 0 atom stereocenters. The largest absolute Gasteiger partial charge is 0.478 e. The lowest BCUT2D eigenvalue weighted by atomic mass is 10.1. The summed E-state index contributed by atoms with van der Waals surface area (Å²) < 4.78 is 14.5. The average Bonchev–Trinajstić information content (AvgIpc) is 2.35. The van der Waals surface area contributed by atoms with Crippen molar-refractivity contribution in [1.29, 1.82) is 0 Å². The third-order valence-corrected chi connectivity index (χ3v) is 3.02. The van der Waals surface area contributed by atoms with Crippen molar-refractivity contribution in [3.05, 3.63) is 52.3 Å². The number of nitrogen functional groups attached to an aromatic ring is 1. The number of carboxylic acid groups (broad SMARTS) is 1. The number of carboxylic acids is 1. The van der Waals surface area contributed by atoms with Gasteiger partial charge in [0.1, 0.15) is 5.82 Å². The molecule has 0 radical (unpaired) electrons. The molecule has 4 N–H and O–H groups in total. The van der Waals surface area contributed by atoms with Crippen molar-refractivity contribution < 1.29 is 14.3 Å². The Morgan fingerprint density at radius 1 is 1.26 bits per heavy atom. The molecule has 2 aromatic carbocycles. The summed E-state index contributed by atoms with van der Waals surface area (Å²) in [6.07, 6.45) is 0. The molecule has 0 unspecified atom stereocenters. The van der Waals surface area contributed by atoms with Gasteiger partial charge in [0.25, 0.3) is 0 Å². The Hall–Kier alpha value is -2.08. The second-order valence-corrected chi connectivity index (χ2v) is 4.77. The first kappa shape index (κ1) is 13.4. The van der Waals surface area contributed by atoms with Crippen LogP contribution in [0.3, 0.4) is 0 Å². The minimum Gasteiger partial charge on any atom is -0.478 e. The molecular weight excluding hydrogens is 315 g/mol. The van der Waals surface area contributed by atoms with Gasteiger partial charge in [0.15, 0.2) is 0 Å². The molecule has 0 aliphatic rings. The van der Waals surface area contributed by atoms with Gasteiger partial charge in [-0.2, -0.15) is 0 Å². The highest BCUT2D eigenvalue weighted by Gasteiger charge is 2.13. The van der Waals surface area contributed by atoms with Gasteiger partial charge in [0.05, 0.1) is 16.9 Å². The van der Waals surface area contributed by atoms with E-state index in [0.29, 0.717) is 5.69 Å².